The maximum absolute atomic E-state index is 13.5. The van der Waals surface area contributed by atoms with Crippen LogP contribution < -0.4 is 0 Å². The van der Waals surface area contributed by atoms with E-state index in [9.17, 15) is 4.79 Å². The van der Waals surface area contributed by atoms with Gasteiger partial charge < -0.3 is 0 Å². The number of para-hydroxylation sites is 2. The first kappa shape index (κ1) is 22.8. The molecule has 1 aliphatic carbocycles. The molecule has 1 saturated carbocycles. The molecule has 0 bridgehead atoms. The van der Waals surface area contributed by atoms with Crippen LogP contribution in [-0.2, 0) is 4.79 Å². The van der Waals surface area contributed by atoms with E-state index >= 15 is 0 Å². The molecule has 35 heavy (non-hydrogen) atoms. The molecular formula is C30H30N4O. The minimum atomic E-state index is 0.133. The lowest BCUT2D eigenvalue weighted by Crippen LogP contribution is -2.12. The molecule has 5 rings (SSSR count). The zero-order chi connectivity index (χ0) is 24.5. The molecule has 0 radical (unpaired) electrons. The van der Waals surface area contributed by atoms with Crippen LogP contribution in [0.3, 0.4) is 0 Å². The number of ketones is 1. The Bertz CT molecular complexity index is 1340. The van der Waals surface area contributed by atoms with Crippen molar-refractivity contribution >= 4 is 17.9 Å². The summed E-state index contributed by atoms with van der Waals surface area (Å²) in [6.45, 7) is 8.14. The normalized spacial score (nSPS) is 16.4. The molecule has 176 valence electrons. The maximum atomic E-state index is 13.5. The van der Waals surface area contributed by atoms with Gasteiger partial charge in [0.05, 0.1) is 22.8 Å². The predicted octanol–water partition coefficient (Wildman–Crippen LogP) is 6.51. The molecule has 5 nitrogen and oxygen atoms in total. The van der Waals surface area contributed by atoms with Crippen molar-refractivity contribution < 1.29 is 4.79 Å². The fourth-order valence-electron chi connectivity index (χ4n) is 4.89. The van der Waals surface area contributed by atoms with Crippen molar-refractivity contribution in [3.05, 3.63) is 106 Å². The largest absolute Gasteiger partial charge is 0.289 e. The summed E-state index contributed by atoms with van der Waals surface area (Å²) in [4.78, 5) is 13.5. The van der Waals surface area contributed by atoms with E-state index in [0.717, 1.165) is 75.7 Å². The third-order valence-electron chi connectivity index (χ3n) is 6.81. The van der Waals surface area contributed by atoms with Crippen molar-refractivity contribution in [3.8, 4) is 11.4 Å². The van der Waals surface area contributed by atoms with Crippen LogP contribution in [0.15, 0.2) is 71.8 Å². The topological polar surface area (TPSA) is 52.7 Å². The van der Waals surface area contributed by atoms with Gasteiger partial charge in [-0.05, 0) is 83.4 Å². The summed E-state index contributed by atoms with van der Waals surface area (Å²) in [5.41, 5.74) is 9.76. The number of carbonyl (C=O) groups is 1. The number of carbonyl (C=O) groups excluding carboxylic acids is 1. The molecule has 0 unspecified atom stereocenters. The number of benzene rings is 2. The molecule has 0 aliphatic heterocycles. The van der Waals surface area contributed by atoms with E-state index in [-0.39, 0.29) is 5.78 Å². The summed E-state index contributed by atoms with van der Waals surface area (Å²) in [6.07, 6.45) is 6.64. The number of Topliss-reactive ketones (excluding diaryl/α,β-unsaturated/α-hetero) is 1. The lowest BCUT2D eigenvalue weighted by Gasteiger charge is -2.17. The SMILES string of the molecule is Cc1nn(-c2ccccc2)c(C)c1/C=C1\CCC/C(=C\c2c(C)nn(-c3ccccc3)c2C)C1=O. The van der Waals surface area contributed by atoms with Gasteiger partial charge in [-0.25, -0.2) is 9.36 Å². The number of aromatic nitrogens is 4. The lowest BCUT2D eigenvalue weighted by molar-refractivity contribution is -0.112. The molecule has 2 heterocycles. The van der Waals surface area contributed by atoms with E-state index in [1.54, 1.807) is 0 Å². The van der Waals surface area contributed by atoms with E-state index in [4.69, 9.17) is 10.2 Å². The van der Waals surface area contributed by atoms with Gasteiger partial charge in [-0.15, -0.1) is 0 Å². The molecule has 0 saturated heterocycles. The Kier molecular flexibility index (Phi) is 6.08. The van der Waals surface area contributed by atoms with Gasteiger partial charge in [-0.3, -0.25) is 4.79 Å². The van der Waals surface area contributed by atoms with E-state index < -0.39 is 0 Å². The van der Waals surface area contributed by atoms with Gasteiger partial charge in [0.1, 0.15) is 0 Å². The van der Waals surface area contributed by atoms with Gasteiger partial charge in [0.2, 0.25) is 0 Å². The molecular weight excluding hydrogens is 432 g/mol. The molecule has 0 N–H and O–H groups in total. The molecule has 0 spiro atoms. The molecule has 1 fully saturated rings. The number of rotatable bonds is 4. The van der Waals surface area contributed by atoms with Crippen molar-refractivity contribution in [3.63, 3.8) is 0 Å². The van der Waals surface area contributed by atoms with Gasteiger partial charge in [-0.2, -0.15) is 10.2 Å². The average Bonchev–Trinajstić information content (AvgIpc) is 3.32. The Balaban J connectivity index is 1.49. The zero-order valence-electron chi connectivity index (χ0n) is 20.7. The molecule has 2 aromatic heterocycles. The fraction of sp³-hybridized carbons (Fsp3) is 0.233. The summed E-state index contributed by atoms with van der Waals surface area (Å²) in [6, 6.07) is 20.2. The quantitative estimate of drug-likeness (QED) is 0.325. The van der Waals surface area contributed by atoms with Gasteiger partial charge in [0.25, 0.3) is 0 Å². The van der Waals surface area contributed by atoms with Crippen molar-refractivity contribution in [1.82, 2.24) is 19.6 Å². The third kappa shape index (κ3) is 4.30. The second-order valence-corrected chi connectivity index (χ2v) is 9.19. The summed E-state index contributed by atoms with van der Waals surface area (Å²) in [5.74, 6) is 0.133. The first-order chi connectivity index (χ1) is 16.9. The van der Waals surface area contributed by atoms with E-state index in [1.165, 1.54) is 0 Å². The second-order valence-electron chi connectivity index (χ2n) is 9.19. The smallest absolute Gasteiger partial charge is 0.185 e. The van der Waals surface area contributed by atoms with Crippen LogP contribution in [0.5, 0.6) is 0 Å². The summed E-state index contributed by atoms with van der Waals surface area (Å²) in [5, 5.41) is 9.50. The number of hydrogen-bond donors (Lipinski definition) is 0. The second kappa shape index (κ2) is 9.34. The molecule has 4 aromatic rings. The highest BCUT2D eigenvalue weighted by Gasteiger charge is 2.23. The van der Waals surface area contributed by atoms with Crippen LogP contribution >= 0.6 is 0 Å². The minimum absolute atomic E-state index is 0.133. The first-order valence-electron chi connectivity index (χ1n) is 12.1. The summed E-state index contributed by atoms with van der Waals surface area (Å²) in [7, 11) is 0. The Morgan fingerprint density at radius 3 is 1.46 bits per heavy atom. The van der Waals surface area contributed by atoms with Crippen molar-refractivity contribution in [2.75, 3.05) is 0 Å². The number of allylic oxidation sites excluding steroid dienone is 2. The molecule has 1 aliphatic rings. The zero-order valence-corrected chi connectivity index (χ0v) is 20.7. The number of nitrogens with zero attached hydrogens (tertiary/aromatic N) is 4. The van der Waals surface area contributed by atoms with Crippen LogP contribution in [-0.4, -0.2) is 25.3 Å². The van der Waals surface area contributed by atoms with Crippen LogP contribution in [0.4, 0.5) is 0 Å². The monoisotopic (exact) mass is 462 g/mol. The highest BCUT2D eigenvalue weighted by molar-refractivity contribution is 6.14. The van der Waals surface area contributed by atoms with Crippen LogP contribution in [0.2, 0.25) is 0 Å². The van der Waals surface area contributed by atoms with Crippen LogP contribution in [0, 0.1) is 27.7 Å². The average molecular weight is 463 g/mol. The Labute approximate surface area is 206 Å². The van der Waals surface area contributed by atoms with Crippen molar-refractivity contribution in [2.45, 2.75) is 47.0 Å². The van der Waals surface area contributed by atoms with Gasteiger partial charge in [0.15, 0.2) is 5.78 Å². The molecule has 0 amide bonds. The first-order valence-corrected chi connectivity index (χ1v) is 12.1. The Morgan fingerprint density at radius 1 is 0.657 bits per heavy atom. The summed E-state index contributed by atoms with van der Waals surface area (Å²) < 4.78 is 3.91. The minimum Gasteiger partial charge on any atom is -0.289 e. The highest BCUT2D eigenvalue weighted by atomic mass is 16.1. The van der Waals surface area contributed by atoms with Crippen LogP contribution in [0.25, 0.3) is 23.5 Å². The Morgan fingerprint density at radius 2 is 1.06 bits per heavy atom. The van der Waals surface area contributed by atoms with Crippen LogP contribution in [0.1, 0.15) is 53.2 Å². The van der Waals surface area contributed by atoms with Crippen molar-refractivity contribution in [2.24, 2.45) is 0 Å². The number of hydrogen-bond acceptors (Lipinski definition) is 3. The van der Waals surface area contributed by atoms with Gasteiger partial charge in [-0.1, -0.05) is 36.4 Å². The predicted molar refractivity (Wildman–Crippen MR) is 141 cm³/mol. The molecule has 0 atom stereocenters. The third-order valence-corrected chi connectivity index (χ3v) is 6.81. The Hall–Kier alpha value is -3.99. The lowest BCUT2D eigenvalue weighted by atomic mass is 9.86. The fourth-order valence-corrected chi connectivity index (χ4v) is 4.89. The number of aryl methyl sites for hydroxylation is 2. The van der Waals surface area contributed by atoms with E-state index in [2.05, 4.69) is 26.0 Å². The van der Waals surface area contributed by atoms with Crippen molar-refractivity contribution in [1.29, 1.82) is 0 Å². The van der Waals surface area contributed by atoms with Gasteiger partial charge >= 0.3 is 0 Å². The van der Waals surface area contributed by atoms with E-state index in [1.807, 2.05) is 83.9 Å². The highest BCUT2D eigenvalue weighted by Crippen LogP contribution is 2.31. The van der Waals surface area contributed by atoms with E-state index in [0.29, 0.717) is 0 Å². The summed E-state index contributed by atoms with van der Waals surface area (Å²) >= 11 is 0. The molecule has 5 heteroatoms. The maximum Gasteiger partial charge on any atom is 0.185 e. The molecule has 2 aromatic carbocycles. The van der Waals surface area contributed by atoms with Gasteiger partial charge in [0, 0.05) is 33.7 Å². The standard InChI is InChI=1S/C30H30N4O/c1-20-28(22(3)33(31-20)26-14-7-5-8-15-26)18-24-12-11-13-25(30(24)35)19-29-21(2)32-34(23(29)4)27-16-9-6-10-17-27/h5-10,14-19H,11-13H2,1-4H3/b24-18+,25-19+.